The molecule has 0 aliphatic carbocycles. The molecule has 1 aliphatic heterocycles. The molecule has 1 fully saturated rings. The van der Waals surface area contributed by atoms with Crippen LogP contribution in [-0.4, -0.2) is 62.3 Å². The molecule has 0 amide bonds. The molecule has 0 bridgehead atoms. The number of hydrogen-bond acceptors (Lipinski definition) is 3. The first-order chi connectivity index (χ1) is 9.31. The van der Waals surface area contributed by atoms with Crippen molar-refractivity contribution in [3.63, 3.8) is 0 Å². The van der Waals surface area contributed by atoms with Gasteiger partial charge in [-0.2, -0.15) is 11.8 Å². The van der Waals surface area contributed by atoms with E-state index in [0.717, 1.165) is 50.3 Å². The highest BCUT2D eigenvalue weighted by atomic mass is 127. The van der Waals surface area contributed by atoms with Gasteiger partial charge in [-0.3, -0.25) is 4.99 Å². The van der Waals surface area contributed by atoms with Gasteiger partial charge >= 0.3 is 0 Å². The minimum atomic E-state index is 0. The molecule has 1 heterocycles. The second-order valence-corrected chi connectivity index (χ2v) is 5.81. The lowest BCUT2D eigenvalue weighted by molar-refractivity contribution is 0.157. The van der Waals surface area contributed by atoms with E-state index in [0.29, 0.717) is 5.92 Å². The van der Waals surface area contributed by atoms with Crippen molar-refractivity contribution < 1.29 is 4.74 Å². The van der Waals surface area contributed by atoms with Gasteiger partial charge < -0.3 is 15.0 Å². The summed E-state index contributed by atoms with van der Waals surface area (Å²) < 4.78 is 5.24. The SMILES string of the molecule is C=CCSCCN=C(NCC)N1CCC(COC)C1.I. The molecule has 0 aromatic carbocycles. The van der Waals surface area contributed by atoms with Gasteiger partial charge in [-0.1, -0.05) is 6.08 Å². The zero-order valence-corrected chi connectivity index (χ0v) is 15.8. The molecule has 0 radical (unpaired) electrons. The van der Waals surface area contributed by atoms with Crippen LogP contribution in [0.4, 0.5) is 0 Å². The third-order valence-electron chi connectivity index (χ3n) is 3.06. The Hall–Kier alpha value is 0.0500. The van der Waals surface area contributed by atoms with Gasteiger partial charge in [-0.15, -0.1) is 30.6 Å². The van der Waals surface area contributed by atoms with Crippen LogP contribution in [0.2, 0.25) is 0 Å². The zero-order chi connectivity index (χ0) is 13.9. The van der Waals surface area contributed by atoms with Crippen molar-refractivity contribution in [1.29, 1.82) is 0 Å². The van der Waals surface area contributed by atoms with Gasteiger partial charge in [-0.25, -0.2) is 0 Å². The average molecular weight is 413 g/mol. The van der Waals surface area contributed by atoms with E-state index >= 15 is 0 Å². The largest absolute Gasteiger partial charge is 0.384 e. The molecule has 1 N–H and O–H groups in total. The minimum absolute atomic E-state index is 0. The molecule has 0 aromatic rings. The Balaban J connectivity index is 0.00000361. The number of nitrogens with one attached hydrogen (secondary N) is 1. The summed E-state index contributed by atoms with van der Waals surface area (Å²) in [6.07, 6.45) is 3.14. The molecular weight excluding hydrogens is 385 g/mol. The number of rotatable bonds is 8. The summed E-state index contributed by atoms with van der Waals surface area (Å²) in [5.41, 5.74) is 0. The number of halogens is 1. The molecule has 1 unspecified atom stereocenters. The lowest BCUT2D eigenvalue weighted by atomic mass is 10.1. The Morgan fingerprint density at radius 2 is 2.40 bits per heavy atom. The van der Waals surface area contributed by atoms with E-state index in [-0.39, 0.29) is 24.0 Å². The van der Waals surface area contributed by atoms with Crippen LogP contribution in [-0.2, 0) is 4.74 Å². The highest BCUT2D eigenvalue weighted by Crippen LogP contribution is 2.16. The minimum Gasteiger partial charge on any atom is -0.384 e. The van der Waals surface area contributed by atoms with Gasteiger partial charge in [0.15, 0.2) is 5.96 Å². The molecule has 6 heteroatoms. The fourth-order valence-corrected chi connectivity index (χ4v) is 2.76. The smallest absolute Gasteiger partial charge is 0.193 e. The molecular formula is C14H28IN3OS. The summed E-state index contributed by atoms with van der Waals surface area (Å²) in [6.45, 7) is 10.6. The lowest BCUT2D eigenvalue weighted by Gasteiger charge is -2.21. The van der Waals surface area contributed by atoms with Crippen molar-refractivity contribution in [3.8, 4) is 0 Å². The first-order valence-electron chi connectivity index (χ1n) is 7.02. The van der Waals surface area contributed by atoms with Crippen LogP contribution < -0.4 is 5.32 Å². The molecule has 1 aliphatic rings. The summed E-state index contributed by atoms with van der Waals surface area (Å²) in [5.74, 6) is 3.76. The van der Waals surface area contributed by atoms with Crippen LogP contribution in [0.3, 0.4) is 0 Å². The maximum absolute atomic E-state index is 5.24. The Morgan fingerprint density at radius 1 is 1.60 bits per heavy atom. The summed E-state index contributed by atoms with van der Waals surface area (Å²) in [5, 5.41) is 3.38. The van der Waals surface area contributed by atoms with Gasteiger partial charge in [0, 0.05) is 44.2 Å². The average Bonchev–Trinajstić information content (AvgIpc) is 2.86. The van der Waals surface area contributed by atoms with E-state index in [4.69, 9.17) is 9.73 Å². The van der Waals surface area contributed by atoms with Crippen molar-refractivity contribution in [3.05, 3.63) is 12.7 Å². The van der Waals surface area contributed by atoms with E-state index in [9.17, 15) is 0 Å². The van der Waals surface area contributed by atoms with Crippen LogP contribution in [0.5, 0.6) is 0 Å². The summed E-state index contributed by atoms with van der Waals surface area (Å²) in [6, 6.07) is 0. The molecule has 118 valence electrons. The maximum Gasteiger partial charge on any atom is 0.193 e. The van der Waals surface area contributed by atoms with Gasteiger partial charge in [0.05, 0.1) is 13.2 Å². The van der Waals surface area contributed by atoms with Crippen LogP contribution in [0, 0.1) is 5.92 Å². The fourth-order valence-electron chi connectivity index (χ4n) is 2.21. The molecule has 1 atom stereocenters. The quantitative estimate of drug-likeness (QED) is 0.218. The predicted octanol–water partition coefficient (Wildman–Crippen LogP) is 2.46. The number of guanidine groups is 1. The third kappa shape index (κ3) is 7.73. The van der Waals surface area contributed by atoms with Crippen LogP contribution >= 0.6 is 35.7 Å². The van der Waals surface area contributed by atoms with Crippen molar-refractivity contribution in [1.82, 2.24) is 10.2 Å². The number of likely N-dealkylation sites (tertiary alicyclic amines) is 1. The van der Waals surface area contributed by atoms with Crippen molar-refractivity contribution >= 4 is 41.7 Å². The van der Waals surface area contributed by atoms with Crippen molar-refractivity contribution in [2.75, 3.05) is 51.4 Å². The van der Waals surface area contributed by atoms with E-state index < -0.39 is 0 Å². The number of hydrogen-bond donors (Lipinski definition) is 1. The van der Waals surface area contributed by atoms with E-state index in [1.807, 2.05) is 17.8 Å². The number of thioether (sulfide) groups is 1. The zero-order valence-electron chi connectivity index (χ0n) is 12.6. The van der Waals surface area contributed by atoms with E-state index in [1.165, 1.54) is 6.42 Å². The molecule has 4 nitrogen and oxygen atoms in total. The third-order valence-corrected chi connectivity index (χ3v) is 4.00. The van der Waals surface area contributed by atoms with Crippen LogP contribution in [0.25, 0.3) is 0 Å². The highest BCUT2D eigenvalue weighted by molar-refractivity contribution is 14.0. The Bertz CT molecular complexity index is 290. The molecule has 1 rings (SSSR count). The Labute approximate surface area is 144 Å². The first kappa shape index (κ1) is 20.1. The second kappa shape index (κ2) is 12.8. The number of ether oxygens (including phenoxy) is 1. The lowest BCUT2D eigenvalue weighted by Crippen LogP contribution is -2.40. The number of nitrogens with zero attached hydrogens (tertiary/aromatic N) is 2. The first-order valence-corrected chi connectivity index (χ1v) is 8.18. The van der Waals surface area contributed by atoms with Gasteiger partial charge in [0.1, 0.15) is 0 Å². The topological polar surface area (TPSA) is 36.9 Å². The molecule has 0 aromatic heterocycles. The molecule has 1 saturated heterocycles. The highest BCUT2D eigenvalue weighted by Gasteiger charge is 2.24. The van der Waals surface area contributed by atoms with Gasteiger partial charge in [0.2, 0.25) is 0 Å². The Morgan fingerprint density at radius 3 is 3.05 bits per heavy atom. The number of aliphatic imine (C=N–C) groups is 1. The molecule has 20 heavy (non-hydrogen) atoms. The van der Waals surface area contributed by atoms with Crippen LogP contribution in [0.1, 0.15) is 13.3 Å². The van der Waals surface area contributed by atoms with Crippen molar-refractivity contribution in [2.45, 2.75) is 13.3 Å². The maximum atomic E-state index is 5.24. The van der Waals surface area contributed by atoms with E-state index in [2.05, 4.69) is 23.7 Å². The molecule has 0 spiro atoms. The summed E-state index contributed by atoms with van der Waals surface area (Å²) in [7, 11) is 1.78. The monoisotopic (exact) mass is 413 g/mol. The number of methoxy groups -OCH3 is 1. The fraction of sp³-hybridized carbons (Fsp3) is 0.786. The summed E-state index contributed by atoms with van der Waals surface area (Å²) >= 11 is 1.87. The standard InChI is InChI=1S/C14H27N3OS.HI/c1-4-9-19-10-7-16-14(15-5-2)17-8-6-13(11-17)12-18-3;/h4,13H,1,5-12H2,2-3H3,(H,15,16);1H. The normalized spacial score (nSPS) is 18.8. The summed E-state index contributed by atoms with van der Waals surface area (Å²) in [4.78, 5) is 7.05. The van der Waals surface area contributed by atoms with Crippen LogP contribution in [0.15, 0.2) is 17.6 Å². The van der Waals surface area contributed by atoms with Gasteiger partial charge in [-0.05, 0) is 13.3 Å². The predicted molar refractivity (Wildman–Crippen MR) is 100 cm³/mol. The van der Waals surface area contributed by atoms with E-state index in [1.54, 1.807) is 7.11 Å². The Kier molecular flexibility index (Phi) is 12.8. The second-order valence-electron chi connectivity index (χ2n) is 4.66. The van der Waals surface area contributed by atoms with Crippen molar-refractivity contribution in [2.24, 2.45) is 10.9 Å². The van der Waals surface area contributed by atoms with Gasteiger partial charge in [0.25, 0.3) is 0 Å². The molecule has 0 saturated carbocycles.